The van der Waals surface area contributed by atoms with Crippen molar-refractivity contribution in [2.45, 2.75) is 12.5 Å². The number of carbonyl (C=O) groups is 1. The van der Waals surface area contributed by atoms with Crippen LogP contribution in [-0.2, 0) is 0 Å². The summed E-state index contributed by atoms with van der Waals surface area (Å²) in [5.41, 5.74) is 2.47. The van der Waals surface area contributed by atoms with E-state index in [1.165, 1.54) is 26.4 Å². The van der Waals surface area contributed by atoms with Crippen molar-refractivity contribution in [3.63, 3.8) is 0 Å². The molecule has 3 aromatic rings. The number of methoxy groups -OCH3 is 2. The fraction of sp³-hybridized carbons (Fsp3) is 0.167. The van der Waals surface area contributed by atoms with Gasteiger partial charge in [0.15, 0.2) is 11.5 Å². The van der Waals surface area contributed by atoms with E-state index in [1.54, 1.807) is 29.3 Å². The van der Waals surface area contributed by atoms with E-state index < -0.39 is 16.9 Å². The van der Waals surface area contributed by atoms with E-state index in [-0.39, 0.29) is 22.7 Å². The lowest BCUT2D eigenvalue weighted by Crippen LogP contribution is -2.28. The number of ether oxygens (including phenoxy) is 2. The molecule has 0 spiro atoms. The Morgan fingerprint density at radius 2 is 1.73 bits per heavy atom. The van der Waals surface area contributed by atoms with E-state index >= 15 is 0 Å². The number of hydrogen-bond donors (Lipinski definition) is 0. The molecule has 3 aromatic carbocycles. The average Bonchev–Trinajstić information content (AvgIpc) is 3.28. The molecule has 0 fully saturated rings. The highest BCUT2D eigenvalue weighted by Gasteiger charge is 2.33. The molecular weight excluding hydrogens is 426 g/mol. The summed E-state index contributed by atoms with van der Waals surface area (Å²) in [5, 5.41) is 29.7. The van der Waals surface area contributed by atoms with Crippen molar-refractivity contribution in [2.24, 2.45) is 5.10 Å². The third-order valence-electron chi connectivity index (χ3n) is 5.48. The molecule has 0 saturated heterocycles. The number of rotatable bonds is 7. The molecule has 9 heteroatoms. The number of nitro benzene ring substituents is 1. The first-order valence-electron chi connectivity index (χ1n) is 10.1. The predicted octanol–water partition coefficient (Wildman–Crippen LogP) is 3.33. The molecule has 0 aliphatic carbocycles. The minimum atomic E-state index is -1.41. The highest BCUT2D eigenvalue weighted by atomic mass is 16.6. The minimum Gasteiger partial charge on any atom is -0.545 e. The molecule has 9 nitrogen and oxygen atoms in total. The molecule has 33 heavy (non-hydrogen) atoms. The zero-order valence-corrected chi connectivity index (χ0v) is 17.9. The van der Waals surface area contributed by atoms with E-state index in [0.717, 1.165) is 11.3 Å². The molecule has 0 saturated carbocycles. The van der Waals surface area contributed by atoms with Gasteiger partial charge in [0.1, 0.15) is 0 Å². The number of non-ortho nitro benzene ring substituents is 1. The van der Waals surface area contributed by atoms with Gasteiger partial charge in [0, 0.05) is 24.1 Å². The van der Waals surface area contributed by atoms with Gasteiger partial charge in [-0.1, -0.05) is 36.4 Å². The lowest BCUT2D eigenvalue weighted by molar-refractivity contribution is -0.384. The molecule has 1 aliphatic heterocycles. The topological polar surface area (TPSA) is 117 Å². The quantitative estimate of drug-likeness (QED) is 0.403. The summed E-state index contributed by atoms with van der Waals surface area (Å²) in [6.45, 7) is 0. The largest absolute Gasteiger partial charge is 0.545 e. The highest BCUT2D eigenvalue weighted by Crippen LogP contribution is 2.43. The molecule has 0 bridgehead atoms. The molecule has 4 rings (SSSR count). The van der Waals surface area contributed by atoms with Crippen molar-refractivity contribution in [1.29, 1.82) is 0 Å². The van der Waals surface area contributed by atoms with Crippen molar-refractivity contribution < 1.29 is 24.3 Å². The molecule has 0 radical (unpaired) electrons. The molecule has 1 aliphatic rings. The number of carboxylic acids is 1. The Morgan fingerprint density at radius 3 is 2.30 bits per heavy atom. The number of aromatic carboxylic acids is 1. The maximum atomic E-state index is 12.2. The van der Waals surface area contributed by atoms with Crippen molar-refractivity contribution in [1.82, 2.24) is 0 Å². The van der Waals surface area contributed by atoms with Crippen LogP contribution in [0.5, 0.6) is 11.5 Å². The van der Waals surface area contributed by atoms with Crippen LogP contribution in [0.4, 0.5) is 11.4 Å². The predicted molar refractivity (Wildman–Crippen MR) is 120 cm³/mol. The van der Waals surface area contributed by atoms with Crippen molar-refractivity contribution >= 4 is 23.1 Å². The van der Waals surface area contributed by atoms with Crippen LogP contribution >= 0.6 is 0 Å². The number of carbonyl (C=O) groups excluding carboxylic acids is 1. The second-order valence-electron chi connectivity index (χ2n) is 7.30. The Kier molecular flexibility index (Phi) is 5.95. The van der Waals surface area contributed by atoms with Gasteiger partial charge < -0.3 is 19.4 Å². The van der Waals surface area contributed by atoms with Crippen LogP contribution in [-0.4, -0.2) is 30.8 Å². The lowest BCUT2D eigenvalue weighted by atomic mass is 9.93. The Hall–Kier alpha value is -4.40. The van der Waals surface area contributed by atoms with Gasteiger partial charge in [-0.2, -0.15) is 5.10 Å². The van der Waals surface area contributed by atoms with Gasteiger partial charge in [0.25, 0.3) is 5.69 Å². The zero-order chi connectivity index (χ0) is 23.5. The van der Waals surface area contributed by atoms with Crippen molar-refractivity contribution in [3.8, 4) is 11.5 Å². The first-order valence-corrected chi connectivity index (χ1v) is 10.1. The summed E-state index contributed by atoms with van der Waals surface area (Å²) < 4.78 is 10.6. The van der Waals surface area contributed by atoms with Crippen molar-refractivity contribution in [2.75, 3.05) is 19.2 Å². The molecule has 0 aromatic heterocycles. The van der Waals surface area contributed by atoms with Crippen LogP contribution in [0.25, 0.3) is 0 Å². The summed E-state index contributed by atoms with van der Waals surface area (Å²) in [6, 6.07) is 18.2. The molecule has 1 atom stereocenters. The van der Waals surface area contributed by atoms with Gasteiger partial charge in [0.05, 0.1) is 42.6 Å². The normalized spacial score (nSPS) is 15.2. The second-order valence-corrected chi connectivity index (χ2v) is 7.30. The van der Waals surface area contributed by atoms with Gasteiger partial charge in [0.2, 0.25) is 0 Å². The van der Waals surface area contributed by atoms with Gasteiger partial charge in [-0.05, 0) is 29.3 Å². The number of nitro groups is 1. The van der Waals surface area contributed by atoms with Crippen molar-refractivity contribution in [3.05, 3.63) is 93.5 Å². The summed E-state index contributed by atoms with van der Waals surface area (Å²) in [7, 11) is 2.79. The molecule has 0 N–H and O–H groups in total. The second kappa shape index (κ2) is 8.99. The third kappa shape index (κ3) is 4.08. The van der Waals surface area contributed by atoms with Crippen LogP contribution in [0.15, 0.2) is 71.8 Å². The first-order chi connectivity index (χ1) is 15.9. The molecule has 168 valence electrons. The number of nitrogens with zero attached hydrogens (tertiary/aromatic N) is 3. The first kappa shape index (κ1) is 21.8. The number of anilines is 1. The fourth-order valence-corrected chi connectivity index (χ4v) is 3.95. The molecule has 0 amide bonds. The van der Waals surface area contributed by atoms with Crippen LogP contribution < -0.4 is 19.6 Å². The summed E-state index contributed by atoms with van der Waals surface area (Å²) in [5.74, 6) is -1.08. The Balaban J connectivity index is 1.86. The van der Waals surface area contributed by atoms with E-state index in [4.69, 9.17) is 14.6 Å². The minimum absolute atomic E-state index is 0.0525. The maximum Gasteiger partial charge on any atom is 0.269 e. The molecule has 0 unspecified atom stereocenters. The Bertz CT molecular complexity index is 1220. The number of benzene rings is 3. The van der Waals surface area contributed by atoms with Crippen LogP contribution in [0.1, 0.15) is 33.9 Å². The van der Waals surface area contributed by atoms with Gasteiger partial charge in [-0.25, -0.2) is 0 Å². The Labute approximate surface area is 189 Å². The Morgan fingerprint density at radius 1 is 1.03 bits per heavy atom. The standard InChI is InChI=1S/C24H21N3O6/c1-32-21-13-12-18(22(24(28)29)23(21)33-2)20-14-19(15-6-4-3-5-7-15)25-26(20)16-8-10-17(11-9-16)27(30)31/h3-13,20H,14H2,1-2H3,(H,28,29)/p-1/t20-/m0/s1. The SMILES string of the molecule is COc1ccc([C@@H]2CC(c3ccccc3)=NN2c2ccc([N+](=O)[O-])cc2)c(C(=O)[O-])c1OC. The molecule has 1 heterocycles. The number of hydrazone groups is 1. The van der Waals surface area contributed by atoms with E-state index in [0.29, 0.717) is 17.7 Å². The maximum absolute atomic E-state index is 12.2. The van der Waals surface area contributed by atoms with Crippen LogP contribution in [0.3, 0.4) is 0 Å². The van der Waals surface area contributed by atoms with Crippen LogP contribution in [0.2, 0.25) is 0 Å². The monoisotopic (exact) mass is 446 g/mol. The van der Waals surface area contributed by atoms with Gasteiger partial charge in [-0.15, -0.1) is 0 Å². The van der Waals surface area contributed by atoms with Crippen LogP contribution in [0, 0.1) is 10.1 Å². The summed E-state index contributed by atoms with van der Waals surface area (Å²) >= 11 is 0. The third-order valence-corrected chi connectivity index (χ3v) is 5.48. The highest BCUT2D eigenvalue weighted by molar-refractivity contribution is 6.04. The molecular formula is C24H20N3O6-. The number of hydrogen-bond acceptors (Lipinski definition) is 8. The van der Waals surface area contributed by atoms with E-state index in [2.05, 4.69) is 0 Å². The van der Waals surface area contributed by atoms with Gasteiger partial charge >= 0.3 is 0 Å². The lowest BCUT2D eigenvalue weighted by Gasteiger charge is -2.27. The summed E-state index contributed by atoms with van der Waals surface area (Å²) in [4.78, 5) is 22.8. The number of carboxylic acid groups (broad SMARTS) is 1. The van der Waals surface area contributed by atoms with E-state index in [1.807, 2.05) is 30.3 Å². The smallest absolute Gasteiger partial charge is 0.269 e. The fourth-order valence-electron chi connectivity index (χ4n) is 3.95. The van der Waals surface area contributed by atoms with Gasteiger partial charge in [-0.3, -0.25) is 15.1 Å². The zero-order valence-electron chi connectivity index (χ0n) is 17.9. The summed E-state index contributed by atoms with van der Waals surface area (Å²) in [6.07, 6.45) is 0.400. The van der Waals surface area contributed by atoms with E-state index in [9.17, 15) is 20.0 Å². The average molecular weight is 446 g/mol.